The molecule has 0 saturated carbocycles. The molecule has 0 spiro atoms. The number of carboxylic acid groups (broad SMARTS) is 1. The molecule has 1 atom stereocenters. The summed E-state index contributed by atoms with van der Waals surface area (Å²) in [6.45, 7) is 0.899. The number of benzene rings is 1. The van der Waals surface area contributed by atoms with E-state index in [1.807, 2.05) is 0 Å². The summed E-state index contributed by atoms with van der Waals surface area (Å²) in [5, 5.41) is 10.5. The van der Waals surface area contributed by atoms with Crippen LogP contribution >= 0.6 is 39.3 Å². The second-order valence-corrected chi connectivity index (χ2v) is 11.8. The highest BCUT2D eigenvalue weighted by Crippen LogP contribution is 2.43. The van der Waals surface area contributed by atoms with Gasteiger partial charge in [0.2, 0.25) is 0 Å². The van der Waals surface area contributed by atoms with Gasteiger partial charge in [0, 0.05) is 48.5 Å². The molecule has 1 fully saturated rings. The van der Waals surface area contributed by atoms with Crippen LogP contribution in [0.25, 0.3) is 10.9 Å². The summed E-state index contributed by atoms with van der Waals surface area (Å²) in [6, 6.07) is 1.05. The van der Waals surface area contributed by atoms with Gasteiger partial charge in [-0.1, -0.05) is 11.6 Å². The highest BCUT2D eigenvalue weighted by atomic mass is 79.9. The van der Waals surface area contributed by atoms with Crippen LogP contribution in [0.3, 0.4) is 0 Å². The Labute approximate surface area is 190 Å². The quantitative estimate of drug-likeness (QED) is 0.634. The zero-order valence-corrected chi connectivity index (χ0v) is 19.8. The summed E-state index contributed by atoms with van der Waals surface area (Å²) in [5.41, 5.74) is 0.281. The standard InChI is InChI=1S/C17H18BrClN4O5S2/c1-30(27,28)8-9-7-21(17(25)26)2-3-22(9)15-10-6-11(19)12(18)14-13(10)23(4-5-29-14)16(24)20-15/h6,9H,2-5,7-8H2,1H3,(H,25,26)/t9-/m1/s1. The second kappa shape index (κ2) is 7.88. The number of halogens is 2. The van der Waals surface area contributed by atoms with E-state index in [1.165, 1.54) is 4.90 Å². The molecule has 30 heavy (non-hydrogen) atoms. The lowest BCUT2D eigenvalue weighted by Gasteiger charge is -2.41. The minimum absolute atomic E-state index is 0.000525. The Morgan fingerprint density at radius 2 is 2.13 bits per heavy atom. The highest BCUT2D eigenvalue weighted by Gasteiger charge is 2.35. The van der Waals surface area contributed by atoms with Crippen LogP contribution in [0.2, 0.25) is 5.02 Å². The van der Waals surface area contributed by atoms with E-state index in [0.717, 1.165) is 11.2 Å². The van der Waals surface area contributed by atoms with Crippen molar-refractivity contribution in [2.75, 3.05) is 42.3 Å². The van der Waals surface area contributed by atoms with E-state index < -0.39 is 27.7 Å². The summed E-state index contributed by atoms with van der Waals surface area (Å²) in [7, 11) is -3.41. The maximum Gasteiger partial charge on any atom is 0.407 e. The van der Waals surface area contributed by atoms with Crippen molar-refractivity contribution in [1.29, 1.82) is 0 Å². The Bertz CT molecular complexity index is 1220. The third-order valence-corrected chi connectivity index (χ3v) is 8.85. The Hall–Kier alpha value is -1.50. The number of sulfone groups is 1. The van der Waals surface area contributed by atoms with Crippen molar-refractivity contribution in [3.05, 3.63) is 26.0 Å². The molecule has 3 heterocycles. The van der Waals surface area contributed by atoms with Crippen LogP contribution in [0.15, 0.2) is 20.2 Å². The van der Waals surface area contributed by atoms with Gasteiger partial charge in [-0.2, -0.15) is 4.98 Å². The first kappa shape index (κ1) is 21.7. The molecule has 9 nitrogen and oxygen atoms in total. The average Bonchev–Trinajstić information content (AvgIpc) is 2.67. The van der Waals surface area contributed by atoms with E-state index in [9.17, 15) is 23.1 Å². The van der Waals surface area contributed by atoms with E-state index in [0.29, 0.717) is 38.5 Å². The summed E-state index contributed by atoms with van der Waals surface area (Å²) in [5.74, 6) is 0.785. The first-order valence-corrected chi connectivity index (χ1v) is 13.3. The molecule has 13 heteroatoms. The maximum absolute atomic E-state index is 12.8. The zero-order valence-electron chi connectivity index (χ0n) is 15.8. The molecule has 1 amide bonds. The van der Waals surface area contributed by atoms with E-state index in [2.05, 4.69) is 20.9 Å². The Balaban J connectivity index is 1.92. The summed E-state index contributed by atoms with van der Waals surface area (Å²) >= 11 is 11.5. The van der Waals surface area contributed by atoms with Gasteiger partial charge in [0.25, 0.3) is 0 Å². The number of aromatic nitrogens is 2. The van der Waals surface area contributed by atoms with Crippen molar-refractivity contribution in [2.45, 2.75) is 17.5 Å². The van der Waals surface area contributed by atoms with Crippen LogP contribution in [0.4, 0.5) is 10.6 Å². The Morgan fingerprint density at radius 3 is 2.80 bits per heavy atom. The van der Waals surface area contributed by atoms with Gasteiger partial charge in [0.05, 0.1) is 26.8 Å². The molecule has 2 aromatic rings. The van der Waals surface area contributed by atoms with Crippen LogP contribution in [-0.2, 0) is 16.4 Å². The summed E-state index contributed by atoms with van der Waals surface area (Å²) < 4.78 is 26.4. The third-order valence-electron chi connectivity index (χ3n) is 5.18. The van der Waals surface area contributed by atoms with E-state index in [-0.39, 0.29) is 25.4 Å². The molecule has 1 aromatic heterocycles. The Morgan fingerprint density at radius 1 is 1.40 bits per heavy atom. The number of hydrogen-bond donors (Lipinski definition) is 1. The van der Waals surface area contributed by atoms with Gasteiger partial charge in [-0.05, 0) is 22.0 Å². The number of anilines is 1. The average molecular weight is 538 g/mol. The van der Waals surface area contributed by atoms with Gasteiger partial charge in [-0.25, -0.2) is 18.0 Å². The fraction of sp³-hybridized carbons (Fsp3) is 0.471. The molecule has 2 aliphatic rings. The lowest BCUT2D eigenvalue weighted by Crippen LogP contribution is -2.57. The molecule has 1 N–H and O–H groups in total. The van der Waals surface area contributed by atoms with Crippen LogP contribution in [0, 0.1) is 0 Å². The smallest absolute Gasteiger partial charge is 0.407 e. The normalized spacial score (nSPS) is 19.4. The predicted molar refractivity (Wildman–Crippen MR) is 120 cm³/mol. The van der Waals surface area contributed by atoms with Crippen LogP contribution in [0.1, 0.15) is 0 Å². The van der Waals surface area contributed by atoms with E-state index in [4.69, 9.17) is 11.6 Å². The number of hydrogen-bond acceptors (Lipinski definition) is 7. The first-order chi connectivity index (χ1) is 14.1. The lowest BCUT2D eigenvalue weighted by atomic mass is 10.1. The molecule has 4 rings (SSSR count). The molecule has 1 saturated heterocycles. The molecule has 0 bridgehead atoms. The van der Waals surface area contributed by atoms with E-state index >= 15 is 0 Å². The largest absolute Gasteiger partial charge is 0.465 e. The highest BCUT2D eigenvalue weighted by molar-refractivity contribution is 9.10. The maximum atomic E-state index is 12.8. The predicted octanol–water partition coefficient (Wildman–Crippen LogP) is 2.13. The molecule has 0 radical (unpaired) electrons. The minimum atomic E-state index is -3.41. The molecule has 162 valence electrons. The molecular weight excluding hydrogens is 520 g/mol. The van der Waals surface area contributed by atoms with Crippen molar-refractivity contribution in [3.8, 4) is 0 Å². The van der Waals surface area contributed by atoms with E-state index in [1.54, 1.807) is 27.3 Å². The van der Waals surface area contributed by atoms with Gasteiger partial charge in [-0.3, -0.25) is 4.57 Å². The van der Waals surface area contributed by atoms with Crippen molar-refractivity contribution in [1.82, 2.24) is 14.5 Å². The molecule has 1 aromatic carbocycles. The number of piperazine rings is 1. The van der Waals surface area contributed by atoms with Gasteiger partial charge < -0.3 is 14.9 Å². The number of aryl methyl sites for hydroxylation is 1. The van der Waals surface area contributed by atoms with Gasteiger partial charge >= 0.3 is 11.8 Å². The number of rotatable bonds is 3. The molecule has 0 aliphatic carbocycles. The Kier molecular flexibility index (Phi) is 5.71. The summed E-state index contributed by atoms with van der Waals surface area (Å²) in [4.78, 5) is 32.3. The SMILES string of the molecule is CS(=O)(=O)C[C@H]1CN(C(=O)O)CCN1c1nc(=O)n2c3c(c(Br)c(Cl)cc13)SCC2. The minimum Gasteiger partial charge on any atom is -0.465 e. The third kappa shape index (κ3) is 3.90. The second-order valence-electron chi connectivity index (χ2n) is 7.28. The number of nitrogens with zero attached hydrogens (tertiary/aromatic N) is 4. The van der Waals surface area contributed by atoms with Gasteiger partial charge in [0.1, 0.15) is 15.7 Å². The monoisotopic (exact) mass is 536 g/mol. The first-order valence-electron chi connectivity index (χ1n) is 9.04. The molecule has 2 aliphatic heterocycles. The number of carbonyl (C=O) groups is 1. The fourth-order valence-electron chi connectivity index (χ4n) is 3.94. The fourth-order valence-corrected chi connectivity index (χ4v) is 6.90. The topological polar surface area (TPSA) is 113 Å². The van der Waals surface area contributed by atoms with Crippen molar-refractivity contribution >= 4 is 71.9 Å². The van der Waals surface area contributed by atoms with Crippen molar-refractivity contribution < 1.29 is 18.3 Å². The van der Waals surface area contributed by atoms with Crippen molar-refractivity contribution in [2.24, 2.45) is 0 Å². The lowest BCUT2D eigenvalue weighted by molar-refractivity contribution is 0.136. The molecular formula is C17H18BrClN4O5S2. The van der Waals surface area contributed by atoms with Crippen LogP contribution < -0.4 is 10.6 Å². The summed E-state index contributed by atoms with van der Waals surface area (Å²) in [6.07, 6.45) is -0.00316. The number of amides is 1. The molecule has 0 unspecified atom stereocenters. The van der Waals surface area contributed by atoms with Crippen LogP contribution in [0.5, 0.6) is 0 Å². The van der Waals surface area contributed by atoms with Crippen molar-refractivity contribution in [3.63, 3.8) is 0 Å². The zero-order chi connectivity index (χ0) is 21.8. The van der Waals surface area contributed by atoms with Gasteiger partial charge in [-0.15, -0.1) is 11.8 Å². The number of thioether (sulfide) groups is 1. The van der Waals surface area contributed by atoms with Gasteiger partial charge in [0.15, 0.2) is 0 Å². The van der Waals surface area contributed by atoms with Crippen LogP contribution in [-0.4, -0.2) is 77.5 Å².